The van der Waals surface area contributed by atoms with Crippen LogP contribution in [0.5, 0.6) is 0 Å². The molecule has 3 aromatic heterocycles. The summed E-state index contributed by atoms with van der Waals surface area (Å²) in [6.07, 6.45) is -2.25. The molecule has 4 aromatic rings. The Morgan fingerprint density at radius 2 is 1.88 bits per heavy atom. The molecular formula is C21H18ClF3N6O. The number of fused-ring (bicyclic) bond motifs is 1. The Hall–Kier alpha value is -3.40. The molecule has 32 heavy (non-hydrogen) atoms. The topological polar surface area (TPSA) is 77.1 Å². The van der Waals surface area contributed by atoms with Gasteiger partial charge in [0.1, 0.15) is 0 Å². The Balaban J connectivity index is 1.56. The van der Waals surface area contributed by atoms with E-state index < -0.39 is 17.8 Å². The number of benzene rings is 1. The zero-order valence-corrected chi connectivity index (χ0v) is 17.7. The number of hydrogen-bond donors (Lipinski definition) is 1. The number of nitrogens with zero attached hydrogens (tertiary/aromatic N) is 5. The second-order valence-electron chi connectivity index (χ2n) is 7.16. The minimum Gasteiger partial charge on any atom is -0.351 e. The number of halogens is 4. The summed E-state index contributed by atoms with van der Waals surface area (Å²) >= 11 is 5.86. The van der Waals surface area contributed by atoms with Crippen LogP contribution in [0.4, 0.5) is 13.2 Å². The molecular weight excluding hydrogens is 445 g/mol. The molecule has 0 aliphatic carbocycles. The molecule has 3 heterocycles. The number of hydrogen-bond acceptors (Lipinski definition) is 4. The Labute approximate surface area is 185 Å². The van der Waals surface area contributed by atoms with Crippen LogP contribution in [0.25, 0.3) is 16.9 Å². The quantitative estimate of drug-likeness (QED) is 0.431. The van der Waals surface area contributed by atoms with Gasteiger partial charge in [0.15, 0.2) is 17.0 Å². The third-order valence-electron chi connectivity index (χ3n) is 4.71. The SMILES string of the molecule is Cc1ccn(CCCNC(=O)c2cc3nc(-c4ccc(Cl)cc4)cc(C(F)(F)F)n3n2)n1. The Bertz CT molecular complexity index is 1260. The highest BCUT2D eigenvalue weighted by Crippen LogP contribution is 2.32. The summed E-state index contributed by atoms with van der Waals surface area (Å²) < 4.78 is 43.4. The summed E-state index contributed by atoms with van der Waals surface area (Å²) in [6.45, 7) is 2.80. The lowest BCUT2D eigenvalue weighted by atomic mass is 10.1. The third-order valence-corrected chi connectivity index (χ3v) is 4.97. The molecule has 0 aliphatic heterocycles. The molecule has 0 saturated heterocycles. The van der Waals surface area contributed by atoms with Gasteiger partial charge in [0.2, 0.25) is 0 Å². The van der Waals surface area contributed by atoms with Crippen molar-refractivity contribution >= 4 is 23.2 Å². The highest BCUT2D eigenvalue weighted by molar-refractivity contribution is 6.30. The van der Waals surface area contributed by atoms with Gasteiger partial charge < -0.3 is 5.32 Å². The van der Waals surface area contributed by atoms with Crippen LogP contribution in [0, 0.1) is 6.92 Å². The molecule has 0 saturated carbocycles. The third kappa shape index (κ3) is 4.75. The van der Waals surface area contributed by atoms with Gasteiger partial charge in [-0.3, -0.25) is 9.48 Å². The highest BCUT2D eigenvalue weighted by atomic mass is 35.5. The number of nitrogens with one attached hydrogen (secondary N) is 1. The van der Waals surface area contributed by atoms with Gasteiger partial charge in [0, 0.05) is 35.9 Å². The van der Waals surface area contributed by atoms with Crippen molar-refractivity contribution in [2.24, 2.45) is 0 Å². The van der Waals surface area contributed by atoms with Gasteiger partial charge >= 0.3 is 6.18 Å². The lowest BCUT2D eigenvalue weighted by molar-refractivity contribution is -0.142. The number of alkyl halides is 3. The van der Waals surface area contributed by atoms with Crippen LogP contribution in [0.1, 0.15) is 28.3 Å². The molecule has 166 valence electrons. The fourth-order valence-electron chi connectivity index (χ4n) is 3.18. The first-order valence-corrected chi connectivity index (χ1v) is 10.1. The first-order valence-electron chi connectivity index (χ1n) is 9.73. The van der Waals surface area contributed by atoms with Crippen LogP contribution in [-0.4, -0.2) is 36.8 Å². The molecule has 7 nitrogen and oxygen atoms in total. The van der Waals surface area contributed by atoms with Gasteiger partial charge in [-0.2, -0.15) is 23.4 Å². The van der Waals surface area contributed by atoms with E-state index in [0.29, 0.717) is 34.6 Å². The number of rotatable bonds is 6. The smallest absolute Gasteiger partial charge is 0.351 e. The average Bonchev–Trinajstić information content (AvgIpc) is 3.36. The van der Waals surface area contributed by atoms with Crippen LogP contribution in [-0.2, 0) is 12.7 Å². The van der Waals surface area contributed by atoms with Crippen molar-refractivity contribution in [1.29, 1.82) is 0 Å². The van der Waals surface area contributed by atoms with Crippen molar-refractivity contribution in [2.75, 3.05) is 6.54 Å². The minimum atomic E-state index is -4.69. The number of carbonyl (C=O) groups is 1. The standard InChI is InChI=1S/C21H18ClF3N6O/c1-13-7-10-30(28-13)9-2-8-26-20(32)17-12-19-27-16(14-3-5-15(22)6-4-14)11-18(21(23,24)25)31(19)29-17/h3-7,10-12H,2,8-9H2,1H3,(H,26,32). The van der Waals surface area contributed by atoms with Gasteiger partial charge in [-0.15, -0.1) is 0 Å². The first kappa shape index (κ1) is 21.8. The molecule has 0 radical (unpaired) electrons. The normalized spacial score (nSPS) is 11.8. The van der Waals surface area contributed by atoms with Crippen molar-refractivity contribution < 1.29 is 18.0 Å². The lowest BCUT2D eigenvalue weighted by Crippen LogP contribution is -2.26. The van der Waals surface area contributed by atoms with Crippen molar-refractivity contribution in [2.45, 2.75) is 26.1 Å². The van der Waals surface area contributed by atoms with E-state index in [2.05, 4.69) is 20.5 Å². The van der Waals surface area contributed by atoms with Gasteiger partial charge in [-0.1, -0.05) is 23.7 Å². The first-order chi connectivity index (χ1) is 15.2. The maximum Gasteiger partial charge on any atom is 0.433 e. The Kier molecular flexibility index (Phi) is 5.88. The van der Waals surface area contributed by atoms with E-state index in [1.54, 1.807) is 28.9 Å². The summed E-state index contributed by atoms with van der Waals surface area (Å²) in [5, 5.41) is 11.2. The van der Waals surface area contributed by atoms with Gasteiger partial charge in [-0.25, -0.2) is 9.50 Å². The maximum absolute atomic E-state index is 13.7. The van der Waals surface area contributed by atoms with Crippen LogP contribution in [0.2, 0.25) is 5.02 Å². The summed E-state index contributed by atoms with van der Waals surface area (Å²) in [6, 6.07) is 10.3. The Morgan fingerprint density at radius 1 is 1.12 bits per heavy atom. The van der Waals surface area contributed by atoms with Crippen LogP contribution in [0.3, 0.4) is 0 Å². The van der Waals surface area contributed by atoms with Crippen molar-refractivity contribution in [3.63, 3.8) is 0 Å². The fraction of sp³-hybridized carbons (Fsp3) is 0.238. The van der Waals surface area contributed by atoms with Crippen LogP contribution in [0.15, 0.2) is 48.7 Å². The highest BCUT2D eigenvalue weighted by Gasteiger charge is 2.35. The monoisotopic (exact) mass is 462 g/mol. The molecule has 1 N–H and O–H groups in total. The van der Waals surface area contributed by atoms with Crippen molar-refractivity contribution in [1.82, 2.24) is 29.7 Å². The number of aryl methyl sites for hydroxylation is 2. The van der Waals surface area contributed by atoms with E-state index in [4.69, 9.17) is 11.6 Å². The average molecular weight is 463 g/mol. The summed E-state index contributed by atoms with van der Waals surface area (Å²) in [7, 11) is 0. The number of amides is 1. The second kappa shape index (κ2) is 8.62. The van der Waals surface area contributed by atoms with Crippen molar-refractivity contribution in [3.05, 3.63) is 70.8 Å². The van der Waals surface area contributed by atoms with Gasteiger partial charge in [0.25, 0.3) is 5.91 Å². The van der Waals surface area contributed by atoms with Crippen molar-refractivity contribution in [3.8, 4) is 11.3 Å². The summed E-state index contributed by atoms with van der Waals surface area (Å²) in [4.78, 5) is 16.7. The molecule has 4 rings (SSSR count). The van der Waals surface area contributed by atoms with E-state index >= 15 is 0 Å². The van der Waals surface area contributed by atoms with Gasteiger partial charge in [0.05, 0.1) is 11.4 Å². The molecule has 0 fully saturated rings. The zero-order chi connectivity index (χ0) is 22.9. The van der Waals surface area contributed by atoms with E-state index in [9.17, 15) is 18.0 Å². The predicted octanol–water partition coefficient (Wildman–Crippen LogP) is 4.39. The van der Waals surface area contributed by atoms with Crippen LogP contribution < -0.4 is 5.32 Å². The molecule has 0 unspecified atom stereocenters. The molecule has 1 aromatic carbocycles. The summed E-state index contributed by atoms with van der Waals surface area (Å²) in [5.41, 5.74) is 0.199. The van der Waals surface area contributed by atoms with E-state index in [-0.39, 0.29) is 17.0 Å². The minimum absolute atomic E-state index is 0.0815. The van der Waals surface area contributed by atoms with Crippen LogP contribution >= 0.6 is 11.6 Å². The second-order valence-corrected chi connectivity index (χ2v) is 7.60. The summed E-state index contributed by atoms with van der Waals surface area (Å²) in [5.74, 6) is -0.576. The molecule has 0 spiro atoms. The molecule has 0 aliphatic rings. The van der Waals surface area contributed by atoms with Gasteiger partial charge in [-0.05, 0) is 37.6 Å². The zero-order valence-electron chi connectivity index (χ0n) is 16.9. The molecule has 0 atom stereocenters. The maximum atomic E-state index is 13.7. The van der Waals surface area contributed by atoms with E-state index in [1.165, 1.54) is 6.07 Å². The number of aromatic nitrogens is 5. The van der Waals surface area contributed by atoms with E-state index in [1.807, 2.05) is 19.2 Å². The molecule has 0 bridgehead atoms. The Morgan fingerprint density at radius 3 is 2.53 bits per heavy atom. The molecule has 1 amide bonds. The molecule has 11 heteroatoms. The van der Waals surface area contributed by atoms with E-state index in [0.717, 1.165) is 11.8 Å². The lowest BCUT2D eigenvalue weighted by Gasteiger charge is -2.11. The number of carbonyl (C=O) groups excluding carboxylic acids is 1. The predicted molar refractivity (Wildman–Crippen MR) is 112 cm³/mol. The largest absolute Gasteiger partial charge is 0.433 e. The fourth-order valence-corrected chi connectivity index (χ4v) is 3.30.